The molecule has 6 heteroatoms. The Bertz CT molecular complexity index is 676. The molecule has 1 fully saturated rings. The fourth-order valence-electron chi connectivity index (χ4n) is 2.13. The normalized spacial score (nSPS) is 14.5. The highest BCUT2D eigenvalue weighted by Crippen LogP contribution is 2.31. The molecule has 0 saturated carbocycles. The lowest BCUT2D eigenvalue weighted by molar-refractivity contribution is -0.0146. The molecule has 24 heavy (non-hydrogen) atoms. The molecular formula is C18H23Cl2FN2O. The number of β-amino-alcohol motifs (C(OH)–C–C–N with tert-alkyl or cyclic N) is 1. The topological polar surface area (TPSA) is 45.2 Å². The second-order valence-corrected chi connectivity index (χ2v) is 5.62. The highest BCUT2D eigenvalue weighted by molar-refractivity contribution is 6.31. The standard InChI is InChI=1S/C14H11Cl2FN2O.2C2H6/c15-10-3-8(1-2-11(10)17)12-4-9(5-13(16)19-12)14(20)6-18-7-14;2*1-2/h1-5,18,20H,6-7H2;2*1-2H3. The summed E-state index contributed by atoms with van der Waals surface area (Å²) >= 11 is 11.8. The molecule has 3 rings (SSSR count). The van der Waals surface area contributed by atoms with Gasteiger partial charge in [-0.15, -0.1) is 0 Å². The van der Waals surface area contributed by atoms with Crippen molar-refractivity contribution in [1.82, 2.24) is 10.3 Å². The van der Waals surface area contributed by atoms with Crippen LogP contribution in [0.4, 0.5) is 4.39 Å². The average Bonchev–Trinajstić information content (AvgIpc) is 2.58. The molecule has 0 spiro atoms. The monoisotopic (exact) mass is 372 g/mol. The van der Waals surface area contributed by atoms with Crippen LogP contribution >= 0.6 is 23.2 Å². The maximum Gasteiger partial charge on any atom is 0.141 e. The minimum atomic E-state index is -0.925. The lowest BCUT2D eigenvalue weighted by atomic mass is 9.88. The maximum absolute atomic E-state index is 13.2. The predicted molar refractivity (Wildman–Crippen MR) is 99.1 cm³/mol. The van der Waals surface area contributed by atoms with Gasteiger partial charge in [-0.3, -0.25) is 0 Å². The van der Waals surface area contributed by atoms with Gasteiger partial charge in [-0.1, -0.05) is 50.9 Å². The zero-order chi connectivity index (χ0) is 18.3. The van der Waals surface area contributed by atoms with Crippen molar-refractivity contribution in [1.29, 1.82) is 0 Å². The molecule has 132 valence electrons. The van der Waals surface area contributed by atoms with Crippen LogP contribution in [0.1, 0.15) is 33.3 Å². The minimum absolute atomic E-state index is 0.0230. The first-order valence-corrected chi connectivity index (χ1v) is 8.80. The van der Waals surface area contributed by atoms with E-state index in [0.717, 1.165) is 0 Å². The summed E-state index contributed by atoms with van der Waals surface area (Å²) in [5.41, 5.74) is 0.961. The zero-order valence-electron chi connectivity index (χ0n) is 14.3. The van der Waals surface area contributed by atoms with Crippen molar-refractivity contribution in [2.75, 3.05) is 13.1 Å². The molecule has 1 aromatic carbocycles. The van der Waals surface area contributed by atoms with Gasteiger partial charge in [-0.05, 0) is 35.9 Å². The van der Waals surface area contributed by atoms with Gasteiger partial charge in [0, 0.05) is 18.7 Å². The van der Waals surface area contributed by atoms with Crippen LogP contribution in [0, 0.1) is 5.82 Å². The summed E-state index contributed by atoms with van der Waals surface area (Å²) in [5, 5.41) is 13.7. The number of pyridine rings is 1. The van der Waals surface area contributed by atoms with Crippen LogP contribution in [0.3, 0.4) is 0 Å². The van der Waals surface area contributed by atoms with Crippen LogP contribution in [0.2, 0.25) is 10.2 Å². The number of nitrogens with zero attached hydrogens (tertiary/aromatic N) is 1. The number of nitrogens with one attached hydrogen (secondary N) is 1. The van der Waals surface area contributed by atoms with Crippen molar-refractivity contribution in [3.05, 3.63) is 51.9 Å². The summed E-state index contributed by atoms with van der Waals surface area (Å²) in [4.78, 5) is 4.20. The van der Waals surface area contributed by atoms with Gasteiger partial charge in [-0.25, -0.2) is 9.37 Å². The highest BCUT2D eigenvalue weighted by atomic mass is 35.5. The minimum Gasteiger partial charge on any atom is -0.382 e. The molecule has 0 aliphatic carbocycles. The molecule has 1 aliphatic heterocycles. The Morgan fingerprint density at radius 1 is 1.08 bits per heavy atom. The summed E-state index contributed by atoms with van der Waals surface area (Å²) < 4.78 is 13.2. The van der Waals surface area contributed by atoms with Crippen molar-refractivity contribution in [2.45, 2.75) is 33.3 Å². The Hall–Kier alpha value is -1.20. The lowest BCUT2D eigenvalue weighted by Crippen LogP contribution is -2.56. The van der Waals surface area contributed by atoms with Gasteiger partial charge in [0.2, 0.25) is 0 Å². The third-order valence-corrected chi connectivity index (χ3v) is 3.86. The van der Waals surface area contributed by atoms with E-state index >= 15 is 0 Å². The van der Waals surface area contributed by atoms with Gasteiger partial charge < -0.3 is 10.4 Å². The number of halogens is 3. The fourth-order valence-corrected chi connectivity index (χ4v) is 2.52. The quantitative estimate of drug-likeness (QED) is 0.725. The number of rotatable bonds is 2. The van der Waals surface area contributed by atoms with Crippen LogP contribution in [0.5, 0.6) is 0 Å². The van der Waals surface area contributed by atoms with Crippen molar-refractivity contribution in [3.63, 3.8) is 0 Å². The van der Waals surface area contributed by atoms with E-state index in [-0.39, 0.29) is 10.2 Å². The third-order valence-electron chi connectivity index (χ3n) is 3.38. The van der Waals surface area contributed by atoms with Gasteiger partial charge in [0.1, 0.15) is 16.6 Å². The van der Waals surface area contributed by atoms with Crippen LogP contribution < -0.4 is 5.32 Å². The van der Waals surface area contributed by atoms with Crippen LogP contribution in [-0.4, -0.2) is 23.2 Å². The Labute approximate surface area is 152 Å². The molecule has 0 bridgehead atoms. The van der Waals surface area contributed by atoms with E-state index in [9.17, 15) is 9.50 Å². The Kier molecular flexibility index (Phi) is 8.10. The van der Waals surface area contributed by atoms with E-state index < -0.39 is 11.4 Å². The number of aromatic nitrogens is 1. The molecule has 0 amide bonds. The molecule has 2 heterocycles. The molecule has 0 unspecified atom stereocenters. The number of aliphatic hydroxyl groups is 1. The highest BCUT2D eigenvalue weighted by Gasteiger charge is 2.36. The largest absolute Gasteiger partial charge is 0.382 e. The molecule has 1 aliphatic rings. The molecule has 0 atom stereocenters. The van der Waals surface area contributed by atoms with E-state index in [4.69, 9.17) is 23.2 Å². The van der Waals surface area contributed by atoms with Gasteiger partial charge in [0.25, 0.3) is 0 Å². The summed E-state index contributed by atoms with van der Waals surface area (Å²) in [6.45, 7) is 8.94. The van der Waals surface area contributed by atoms with Gasteiger partial charge in [0.15, 0.2) is 0 Å². The van der Waals surface area contributed by atoms with Crippen LogP contribution in [0.25, 0.3) is 11.3 Å². The molecule has 2 aromatic rings. The Morgan fingerprint density at radius 2 is 1.71 bits per heavy atom. The fraction of sp³-hybridized carbons (Fsp3) is 0.389. The van der Waals surface area contributed by atoms with E-state index in [0.29, 0.717) is 29.9 Å². The molecular weight excluding hydrogens is 350 g/mol. The number of hydrogen-bond acceptors (Lipinski definition) is 3. The first-order chi connectivity index (χ1) is 11.5. The summed E-state index contributed by atoms with van der Waals surface area (Å²) in [6, 6.07) is 7.72. The van der Waals surface area contributed by atoms with Crippen molar-refractivity contribution in [2.24, 2.45) is 0 Å². The van der Waals surface area contributed by atoms with Crippen molar-refractivity contribution >= 4 is 23.2 Å². The van der Waals surface area contributed by atoms with E-state index in [2.05, 4.69) is 10.3 Å². The van der Waals surface area contributed by atoms with E-state index in [1.165, 1.54) is 12.1 Å². The summed E-state index contributed by atoms with van der Waals surface area (Å²) in [6.07, 6.45) is 0. The maximum atomic E-state index is 13.2. The van der Waals surface area contributed by atoms with Gasteiger partial charge >= 0.3 is 0 Å². The first-order valence-electron chi connectivity index (χ1n) is 8.04. The van der Waals surface area contributed by atoms with Crippen molar-refractivity contribution in [3.8, 4) is 11.3 Å². The lowest BCUT2D eigenvalue weighted by Gasteiger charge is -2.38. The second-order valence-electron chi connectivity index (χ2n) is 4.83. The predicted octanol–water partition coefficient (Wildman–Crippen LogP) is 5.04. The second kappa shape index (κ2) is 9.33. The average molecular weight is 373 g/mol. The summed E-state index contributed by atoms with van der Waals surface area (Å²) in [7, 11) is 0. The van der Waals surface area contributed by atoms with Crippen LogP contribution in [-0.2, 0) is 5.60 Å². The molecule has 2 N–H and O–H groups in total. The number of hydrogen-bond donors (Lipinski definition) is 2. The van der Waals surface area contributed by atoms with E-state index in [1.54, 1.807) is 18.2 Å². The third kappa shape index (κ3) is 4.67. The molecule has 3 nitrogen and oxygen atoms in total. The van der Waals surface area contributed by atoms with Crippen LogP contribution in [0.15, 0.2) is 30.3 Å². The van der Waals surface area contributed by atoms with Crippen molar-refractivity contribution < 1.29 is 9.50 Å². The van der Waals surface area contributed by atoms with Gasteiger partial charge in [-0.2, -0.15) is 0 Å². The molecule has 0 radical (unpaired) electrons. The SMILES string of the molecule is CC.CC.OC1(c2cc(Cl)nc(-c3ccc(F)c(Cl)c3)c2)CNC1. The smallest absolute Gasteiger partial charge is 0.141 e. The van der Waals surface area contributed by atoms with Gasteiger partial charge in [0.05, 0.1) is 10.7 Å². The number of benzene rings is 1. The molecule has 1 saturated heterocycles. The summed E-state index contributed by atoms with van der Waals surface area (Å²) in [5.74, 6) is -0.487. The molecule has 1 aromatic heterocycles. The zero-order valence-corrected chi connectivity index (χ0v) is 15.8. The first kappa shape index (κ1) is 20.8. The van der Waals surface area contributed by atoms with E-state index in [1.807, 2.05) is 27.7 Å². The Morgan fingerprint density at radius 3 is 2.21 bits per heavy atom. The Balaban J connectivity index is 0.000000671.